The Morgan fingerprint density at radius 1 is 1.43 bits per heavy atom. The Hall–Kier alpha value is -0.870. The van der Waals surface area contributed by atoms with Crippen molar-refractivity contribution in [3.05, 3.63) is 28.2 Å². The van der Waals surface area contributed by atoms with Crippen LogP contribution in [0.25, 0.3) is 0 Å². The first-order valence-electron chi connectivity index (χ1n) is 4.04. The second-order valence-electron chi connectivity index (χ2n) is 2.71. The summed E-state index contributed by atoms with van der Waals surface area (Å²) in [7, 11) is 3.05. The van der Waals surface area contributed by atoms with Crippen molar-refractivity contribution in [3.8, 4) is 5.75 Å². The Balaban J connectivity index is 2.94. The zero-order chi connectivity index (χ0) is 10.6. The molecule has 3 nitrogen and oxygen atoms in total. The van der Waals surface area contributed by atoms with Crippen molar-refractivity contribution in [3.63, 3.8) is 0 Å². The highest BCUT2D eigenvalue weighted by molar-refractivity contribution is 9.10. The third-order valence-electron chi connectivity index (χ3n) is 1.75. The summed E-state index contributed by atoms with van der Waals surface area (Å²) in [5, 5.41) is 0. The van der Waals surface area contributed by atoms with Gasteiger partial charge >= 0.3 is 0 Å². The summed E-state index contributed by atoms with van der Waals surface area (Å²) in [6.07, 6.45) is 0. The van der Waals surface area contributed by atoms with E-state index in [1.165, 1.54) is 7.11 Å². The van der Waals surface area contributed by atoms with Gasteiger partial charge in [-0.1, -0.05) is 0 Å². The van der Waals surface area contributed by atoms with Crippen molar-refractivity contribution in [1.29, 1.82) is 0 Å². The van der Waals surface area contributed by atoms with E-state index < -0.39 is 0 Å². The molecule has 0 atom stereocenters. The number of ether oxygens (including phenoxy) is 2. The quantitative estimate of drug-likeness (QED) is 0.778. The number of methoxy groups -OCH3 is 2. The van der Waals surface area contributed by atoms with Crippen LogP contribution in [0.15, 0.2) is 22.7 Å². The van der Waals surface area contributed by atoms with Crippen molar-refractivity contribution in [2.24, 2.45) is 0 Å². The number of hydrogen-bond acceptors (Lipinski definition) is 3. The number of benzene rings is 1. The van der Waals surface area contributed by atoms with Crippen LogP contribution in [-0.4, -0.2) is 26.6 Å². The molecular weight excluding hydrogens is 248 g/mol. The van der Waals surface area contributed by atoms with Crippen LogP contribution in [0.5, 0.6) is 5.75 Å². The molecule has 0 bridgehead atoms. The average Bonchev–Trinajstić information content (AvgIpc) is 2.19. The number of ketones is 1. The van der Waals surface area contributed by atoms with Crippen LogP contribution in [0.2, 0.25) is 0 Å². The molecule has 0 saturated carbocycles. The van der Waals surface area contributed by atoms with Crippen LogP contribution in [0, 0.1) is 0 Å². The molecule has 0 aliphatic rings. The number of carbonyl (C=O) groups is 1. The van der Waals surface area contributed by atoms with Gasteiger partial charge in [0.2, 0.25) is 0 Å². The fourth-order valence-corrected chi connectivity index (χ4v) is 1.46. The molecule has 0 saturated heterocycles. The predicted molar refractivity (Wildman–Crippen MR) is 56.9 cm³/mol. The van der Waals surface area contributed by atoms with Gasteiger partial charge in [0.25, 0.3) is 0 Å². The summed E-state index contributed by atoms with van der Waals surface area (Å²) in [4.78, 5) is 11.4. The highest BCUT2D eigenvalue weighted by Crippen LogP contribution is 2.25. The van der Waals surface area contributed by atoms with Gasteiger partial charge in [-0.05, 0) is 34.1 Å². The number of Topliss-reactive ketones (excluding diaryl/α,β-unsaturated/α-hetero) is 1. The molecule has 1 aromatic rings. The van der Waals surface area contributed by atoms with Crippen molar-refractivity contribution in [1.82, 2.24) is 0 Å². The normalized spacial score (nSPS) is 9.93. The third-order valence-corrected chi connectivity index (χ3v) is 2.40. The van der Waals surface area contributed by atoms with Crippen LogP contribution >= 0.6 is 15.9 Å². The van der Waals surface area contributed by atoms with Crippen LogP contribution in [0.1, 0.15) is 10.4 Å². The van der Waals surface area contributed by atoms with Gasteiger partial charge in [-0.15, -0.1) is 0 Å². The minimum Gasteiger partial charge on any atom is -0.496 e. The van der Waals surface area contributed by atoms with Crippen molar-refractivity contribution in [2.75, 3.05) is 20.8 Å². The molecule has 14 heavy (non-hydrogen) atoms. The van der Waals surface area contributed by atoms with E-state index in [1.54, 1.807) is 25.3 Å². The molecule has 0 aromatic heterocycles. The van der Waals surface area contributed by atoms with E-state index in [2.05, 4.69) is 15.9 Å². The molecule has 0 aliphatic carbocycles. The Morgan fingerprint density at radius 2 is 2.14 bits per heavy atom. The van der Waals surface area contributed by atoms with Gasteiger partial charge in [-0.25, -0.2) is 0 Å². The van der Waals surface area contributed by atoms with Crippen molar-refractivity contribution < 1.29 is 14.3 Å². The first-order chi connectivity index (χ1) is 6.69. The second-order valence-corrected chi connectivity index (χ2v) is 3.56. The van der Waals surface area contributed by atoms with Gasteiger partial charge in [0.1, 0.15) is 12.4 Å². The third kappa shape index (κ3) is 2.56. The summed E-state index contributed by atoms with van der Waals surface area (Å²) in [6, 6.07) is 5.20. The summed E-state index contributed by atoms with van der Waals surface area (Å²) in [6.45, 7) is 0.0881. The summed E-state index contributed by atoms with van der Waals surface area (Å²) < 4.78 is 10.7. The van der Waals surface area contributed by atoms with Crippen LogP contribution in [-0.2, 0) is 4.74 Å². The Bertz CT molecular complexity index is 336. The maximum Gasteiger partial charge on any atom is 0.188 e. The van der Waals surface area contributed by atoms with E-state index in [9.17, 15) is 4.79 Å². The minimum absolute atomic E-state index is 0.0571. The van der Waals surface area contributed by atoms with E-state index in [1.807, 2.05) is 0 Å². The van der Waals surface area contributed by atoms with Gasteiger partial charge in [-0.3, -0.25) is 4.79 Å². The average molecular weight is 259 g/mol. The molecule has 1 rings (SSSR count). The van der Waals surface area contributed by atoms with E-state index in [4.69, 9.17) is 9.47 Å². The SMILES string of the molecule is COCC(=O)c1ccc(Br)c(OC)c1. The first-order valence-corrected chi connectivity index (χ1v) is 4.84. The Kier molecular flexibility index (Phi) is 4.10. The van der Waals surface area contributed by atoms with Gasteiger partial charge in [0.05, 0.1) is 11.6 Å². The van der Waals surface area contributed by atoms with Crippen LogP contribution in [0.3, 0.4) is 0 Å². The largest absolute Gasteiger partial charge is 0.496 e. The Morgan fingerprint density at radius 3 is 2.71 bits per heavy atom. The van der Waals surface area contributed by atoms with Crippen molar-refractivity contribution >= 4 is 21.7 Å². The molecule has 76 valence electrons. The van der Waals surface area contributed by atoms with Gasteiger partial charge < -0.3 is 9.47 Å². The molecule has 0 N–H and O–H groups in total. The molecule has 4 heteroatoms. The monoisotopic (exact) mass is 258 g/mol. The smallest absolute Gasteiger partial charge is 0.188 e. The maximum atomic E-state index is 11.4. The summed E-state index contributed by atoms with van der Waals surface area (Å²) in [5.74, 6) is 0.588. The predicted octanol–water partition coefficient (Wildman–Crippen LogP) is 2.29. The fraction of sp³-hybridized carbons (Fsp3) is 0.300. The van der Waals surface area contributed by atoms with E-state index in [0.717, 1.165) is 4.47 Å². The molecule has 0 radical (unpaired) electrons. The molecule has 1 aromatic carbocycles. The number of rotatable bonds is 4. The molecule has 0 heterocycles. The minimum atomic E-state index is -0.0571. The zero-order valence-electron chi connectivity index (χ0n) is 8.04. The van der Waals surface area contributed by atoms with E-state index in [-0.39, 0.29) is 12.4 Å². The molecule has 0 unspecified atom stereocenters. The molecule has 0 amide bonds. The highest BCUT2D eigenvalue weighted by atomic mass is 79.9. The zero-order valence-corrected chi connectivity index (χ0v) is 9.63. The summed E-state index contributed by atoms with van der Waals surface area (Å²) >= 11 is 3.31. The second kappa shape index (κ2) is 5.12. The molecule has 0 aliphatic heterocycles. The standard InChI is InChI=1S/C10H11BrO3/c1-13-6-9(12)7-3-4-8(11)10(5-7)14-2/h3-5H,6H2,1-2H3. The highest BCUT2D eigenvalue weighted by Gasteiger charge is 2.08. The molecule has 0 fully saturated rings. The molecule has 0 spiro atoms. The van der Waals surface area contributed by atoms with E-state index in [0.29, 0.717) is 11.3 Å². The van der Waals surface area contributed by atoms with Gasteiger partial charge in [0, 0.05) is 12.7 Å². The lowest BCUT2D eigenvalue weighted by Gasteiger charge is -2.05. The number of halogens is 1. The molecular formula is C10H11BrO3. The topological polar surface area (TPSA) is 35.5 Å². The first kappa shape index (κ1) is 11.2. The fourth-order valence-electron chi connectivity index (χ4n) is 1.05. The van der Waals surface area contributed by atoms with Gasteiger partial charge in [0.15, 0.2) is 5.78 Å². The summed E-state index contributed by atoms with van der Waals surface area (Å²) in [5.41, 5.74) is 0.590. The van der Waals surface area contributed by atoms with Crippen LogP contribution < -0.4 is 4.74 Å². The number of carbonyl (C=O) groups excluding carboxylic acids is 1. The van der Waals surface area contributed by atoms with E-state index >= 15 is 0 Å². The lowest BCUT2D eigenvalue weighted by atomic mass is 10.1. The van der Waals surface area contributed by atoms with Crippen LogP contribution in [0.4, 0.5) is 0 Å². The Labute approximate surface area is 91.1 Å². The maximum absolute atomic E-state index is 11.4. The van der Waals surface area contributed by atoms with Gasteiger partial charge in [-0.2, -0.15) is 0 Å². The lowest BCUT2D eigenvalue weighted by molar-refractivity contribution is 0.0847. The number of hydrogen-bond donors (Lipinski definition) is 0. The lowest BCUT2D eigenvalue weighted by Crippen LogP contribution is -2.06. The van der Waals surface area contributed by atoms with Crippen molar-refractivity contribution in [2.45, 2.75) is 0 Å².